The van der Waals surface area contributed by atoms with Gasteiger partial charge in [-0.1, -0.05) is 28.9 Å². The molecule has 0 aromatic heterocycles. The van der Waals surface area contributed by atoms with E-state index in [9.17, 15) is 22.4 Å². The maximum absolute atomic E-state index is 13.8. The van der Waals surface area contributed by atoms with Crippen molar-refractivity contribution in [2.45, 2.75) is 32.0 Å². The van der Waals surface area contributed by atoms with Crippen molar-refractivity contribution in [2.75, 3.05) is 5.33 Å². The Bertz CT molecular complexity index is 498. The van der Waals surface area contributed by atoms with Gasteiger partial charge in [-0.3, -0.25) is 4.79 Å². The Morgan fingerprint density at radius 1 is 1.35 bits per heavy atom. The van der Waals surface area contributed by atoms with Gasteiger partial charge in [-0.25, -0.2) is 4.39 Å². The Morgan fingerprint density at radius 2 is 1.95 bits per heavy atom. The molecular formula is C13H14BrF4NO. The summed E-state index contributed by atoms with van der Waals surface area (Å²) in [5.74, 6) is -2.41. The van der Waals surface area contributed by atoms with Crippen LogP contribution in [-0.2, 0) is 6.18 Å². The minimum atomic E-state index is -4.83. The van der Waals surface area contributed by atoms with Gasteiger partial charge in [-0.15, -0.1) is 0 Å². The van der Waals surface area contributed by atoms with Gasteiger partial charge in [-0.2, -0.15) is 13.2 Å². The molecule has 1 unspecified atom stereocenters. The van der Waals surface area contributed by atoms with E-state index in [-0.39, 0.29) is 0 Å². The SMILES string of the molecule is CCC(C)(CBr)NC(=O)c1cccc(C(F)(F)F)c1F. The number of hydrogen-bond acceptors (Lipinski definition) is 1. The molecule has 0 saturated carbocycles. The highest BCUT2D eigenvalue weighted by Crippen LogP contribution is 2.32. The van der Waals surface area contributed by atoms with Gasteiger partial charge in [0.05, 0.1) is 11.1 Å². The second-order valence-corrected chi connectivity index (χ2v) is 5.23. The molecular weight excluding hydrogens is 342 g/mol. The summed E-state index contributed by atoms with van der Waals surface area (Å²) in [6, 6.07) is 2.65. The predicted molar refractivity (Wildman–Crippen MR) is 71.4 cm³/mol. The number of rotatable bonds is 4. The molecule has 0 aliphatic rings. The Hall–Kier alpha value is -1.11. The van der Waals surface area contributed by atoms with Gasteiger partial charge in [0.25, 0.3) is 5.91 Å². The summed E-state index contributed by atoms with van der Waals surface area (Å²) in [7, 11) is 0. The summed E-state index contributed by atoms with van der Waals surface area (Å²) in [6.07, 6.45) is -4.28. The van der Waals surface area contributed by atoms with E-state index in [1.54, 1.807) is 6.92 Å². The van der Waals surface area contributed by atoms with Crippen molar-refractivity contribution in [3.63, 3.8) is 0 Å². The fourth-order valence-electron chi connectivity index (χ4n) is 1.48. The second-order valence-electron chi connectivity index (χ2n) is 4.67. The first-order valence-electron chi connectivity index (χ1n) is 5.89. The summed E-state index contributed by atoms with van der Waals surface area (Å²) in [4.78, 5) is 11.9. The van der Waals surface area contributed by atoms with Gasteiger partial charge in [0.2, 0.25) is 0 Å². The highest BCUT2D eigenvalue weighted by atomic mass is 79.9. The Labute approximate surface area is 122 Å². The molecule has 0 fully saturated rings. The Morgan fingerprint density at radius 3 is 2.40 bits per heavy atom. The fourth-order valence-corrected chi connectivity index (χ4v) is 2.02. The number of halogens is 5. The van der Waals surface area contributed by atoms with Crippen molar-refractivity contribution >= 4 is 21.8 Å². The first-order chi connectivity index (χ1) is 9.14. The van der Waals surface area contributed by atoms with Crippen LogP contribution in [0.3, 0.4) is 0 Å². The molecule has 1 atom stereocenters. The van der Waals surface area contributed by atoms with Gasteiger partial charge >= 0.3 is 6.18 Å². The van der Waals surface area contributed by atoms with Crippen molar-refractivity contribution in [2.24, 2.45) is 0 Å². The zero-order valence-electron chi connectivity index (χ0n) is 10.9. The summed E-state index contributed by atoms with van der Waals surface area (Å²) in [5, 5.41) is 2.94. The van der Waals surface area contributed by atoms with Crippen molar-refractivity contribution in [1.82, 2.24) is 5.32 Å². The maximum atomic E-state index is 13.8. The van der Waals surface area contributed by atoms with E-state index >= 15 is 0 Å². The third-order valence-corrected chi connectivity index (χ3v) is 4.28. The largest absolute Gasteiger partial charge is 0.419 e. The van der Waals surface area contributed by atoms with Crippen LogP contribution >= 0.6 is 15.9 Å². The molecule has 1 N–H and O–H groups in total. The minimum Gasteiger partial charge on any atom is -0.346 e. The number of hydrogen-bond donors (Lipinski definition) is 1. The van der Waals surface area contributed by atoms with Crippen LogP contribution in [0.1, 0.15) is 36.2 Å². The molecule has 1 rings (SSSR count). The van der Waals surface area contributed by atoms with Crippen LogP contribution in [0, 0.1) is 5.82 Å². The first-order valence-corrected chi connectivity index (χ1v) is 7.01. The maximum Gasteiger partial charge on any atom is 0.419 e. The van der Waals surface area contributed by atoms with Crippen LogP contribution in [0.5, 0.6) is 0 Å². The van der Waals surface area contributed by atoms with E-state index in [0.717, 1.165) is 12.1 Å². The lowest BCUT2D eigenvalue weighted by molar-refractivity contribution is -0.140. The molecule has 2 nitrogen and oxygen atoms in total. The fraction of sp³-hybridized carbons (Fsp3) is 0.462. The normalized spacial score (nSPS) is 14.8. The molecule has 0 radical (unpaired) electrons. The van der Waals surface area contributed by atoms with Gasteiger partial charge in [0.1, 0.15) is 5.82 Å². The smallest absolute Gasteiger partial charge is 0.346 e. The number of alkyl halides is 4. The van der Waals surface area contributed by atoms with Crippen molar-refractivity contribution in [1.29, 1.82) is 0 Å². The van der Waals surface area contributed by atoms with Crippen LogP contribution in [0.15, 0.2) is 18.2 Å². The van der Waals surface area contributed by atoms with Gasteiger partial charge in [-0.05, 0) is 25.5 Å². The van der Waals surface area contributed by atoms with Crippen molar-refractivity contribution in [3.05, 3.63) is 35.1 Å². The van der Waals surface area contributed by atoms with Gasteiger partial charge in [0.15, 0.2) is 0 Å². The van der Waals surface area contributed by atoms with Crippen LogP contribution in [0.25, 0.3) is 0 Å². The highest BCUT2D eigenvalue weighted by Gasteiger charge is 2.36. The van der Waals surface area contributed by atoms with Crippen LogP contribution < -0.4 is 5.32 Å². The minimum absolute atomic E-state index is 0.406. The molecule has 0 bridgehead atoms. The van der Waals surface area contributed by atoms with Crippen molar-refractivity contribution in [3.8, 4) is 0 Å². The third-order valence-electron chi connectivity index (χ3n) is 3.04. The average Bonchev–Trinajstić information content (AvgIpc) is 2.37. The molecule has 1 aromatic carbocycles. The monoisotopic (exact) mass is 355 g/mol. The molecule has 7 heteroatoms. The van der Waals surface area contributed by atoms with E-state index in [0.29, 0.717) is 17.8 Å². The molecule has 0 spiro atoms. The van der Waals surface area contributed by atoms with E-state index in [4.69, 9.17) is 0 Å². The van der Waals surface area contributed by atoms with Crippen molar-refractivity contribution < 1.29 is 22.4 Å². The molecule has 1 aromatic rings. The van der Waals surface area contributed by atoms with Crippen LogP contribution in [-0.4, -0.2) is 16.8 Å². The number of amides is 1. The number of carbonyl (C=O) groups is 1. The molecule has 1 amide bonds. The quantitative estimate of drug-likeness (QED) is 0.638. The second kappa shape index (κ2) is 6.11. The molecule has 0 aliphatic heterocycles. The van der Waals surface area contributed by atoms with E-state index in [1.165, 1.54) is 0 Å². The molecule has 0 aliphatic carbocycles. The highest BCUT2D eigenvalue weighted by molar-refractivity contribution is 9.09. The topological polar surface area (TPSA) is 29.1 Å². The summed E-state index contributed by atoms with van der Waals surface area (Å²) in [6.45, 7) is 3.52. The number of benzene rings is 1. The summed E-state index contributed by atoms with van der Waals surface area (Å²) < 4.78 is 51.6. The number of carbonyl (C=O) groups excluding carboxylic acids is 1. The van der Waals surface area contributed by atoms with Crippen LogP contribution in [0.2, 0.25) is 0 Å². The lowest BCUT2D eigenvalue weighted by atomic mass is 10.0. The zero-order valence-corrected chi connectivity index (χ0v) is 12.5. The third kappa shape index (κ3) is 3.71. The van der Waals surface area contributed by atoms with E-state index in [1.807, 2.05) is 6.92 Å². The van der Waals surface area contributed by atoms with E-state index < -0.39 is 34.6 Å². The lowest BCUT2D eigenvalue weighted by Gasteiger charge is -2.27. The Balaban J connectivity index is 3.13. The molecule has 0 heterocycles. The predicted octanol–water partition coefficient (Wildman–Crippen LogP) is 4.14. The average molecular weight is 356 g/mol. The molecule has 0 saturated heterocycles. The first kappa shape index (κ1) is 16.9. The molecule has 20 heavy (non-hydrogen) atoms. The summed E-state index contributed by atoms with van der Waals surface area (Å²) in [5.41, 5.74) is -2.71. The van der Waals surface area contributed by atoms with E-state index in [2.05, 4.69) is 21.2 Å². The van der Waals surface area contributed by atoms with Gasteiger partial charge < -0.3 is 5.32 Å². The molecule has 112 valence electrons. The number of nitrogens with one attached hydrogen (secondary N) is 1. The van der Waals surface area contributed by atoms with Gasteiger partial charge in [0, 0.05) is 10.9 Å². The van der Waals surface area contributed by atoms with Crippen LogP contribution in [0.4, 0.5) is 17.6 Å². The summed E-state index contributed by atoms with van der Waals surface area (Å²) >= 11 is 3.21. The standard InChI is InChI=1S/C13H14BrF4NO/c1-3-12(2,7-14)19-11(20)8-5-4-6-9(10(8)15)13(16,17)18/h4-6H,3,7H2,1-2H3,(H,19,20). The zero-order chi connectivity index (χ0) is 15.6. The Kier molecular flexibility index (Phi) is 5.18. The lowest BCUT2D eigenvalue weighted by Crippen LogP contribution is -2.47.